The molecule has 2 N–H and O–H groups in total. The van der Waals surface area contributed by atoms with Gasteiger partial charge in [-0.15, -0.1) is 0 Å². The number of aliphatic carboxylic acids is 1. The smallest absolute Gasteiger partial charge is 0.428 e. The highest BCUT2D eigenvalue weighted by molar-refractivity contribution is 5.95. The molecule has 34 heavy (non-hydrogen) atoms. The highest BCUT2D eigenvalue weighted by atomic mass is 16.6. The van der Waals surface area contributed by atoms with E-state index in [1.807, 2.05) is 0 Å². The molecule has 1 spiro atoms. The van der Waals surface area contributed by atoms with Crippen molar-refractivity contribution in [2.75, 3.05) is 26.2 Å². The molecular weight excluding hydrogens is 444 g/mol. The number of carbonyl (C=O) groups is 4. The predicted octanol–water partition coefficient (Wildman–Crippen LogP) is 2.45. The van der Waals surface area contributed by atoms with Gasteiger partial charge < -0.3 is 19.5 Å². The lowest BCUT2D eigenvalue weighted by Gasteiger charge is -2.45. The van der Waals surface area contributed by atoms with Crippen LogP contribution in [0, 0.1) is 0 Å². The van der Waals surface area contributed by atoms with E-state index in [1.54, 1.807) is 49.9 Å². The summed E-state index contributed by atoms with van der Waals surface area (Å²) in [6.45, 7) is 6.09. The van der Waals surface area contributed by atoms with Crippen molar-refractivity contribution in [3.8, 4) is 0 Å². The third-order valence-electron chi connectivity index (χ3n) is 5.61. The van der Waals surface area contributed by atoms with E-state index < -0.39 is 29.4 Å². The van der Waals surface area contributed by atoms with Crippen LogP contribution in [0.5, 0.6) is 0 Å². The number of carbonyl (C=O) groups excluding carboxylic acids is 3. The number of hydrogen-bond donors (Lipinski definition) is 2. The van der Waals surface area contributed by atoms with Crippen LogP contribution in [0.4, 0.5) is 9.59 Å². The van der Waals surface area contributed by atoms with Crippen LogP contribution >= 0.6 is 0 Å². The molecule has 11 heteroatoms. The van der Waals surface area contributed by atoms with Crippen LogP contribution in [-0.4, -0.2) is 82.6 Å². The fourth-order valence-electron chi connectivity index (χ4n) is 3.86. The van der Waals surface area contributed by atoms with Crippen LogP contribution < -0.4 is 5.43 Å². The third kappa shape index (κ3) is 6.69. The Kier molecular flexibility index (Phi) is 7.43. The summed E-state index contributed by atoms with van der Waals surface area (Å²) in [5.74, 6) is -1.20. The molecule has 0 aliphatic carbocycles. The molecule has 2 aliphatic rings. The number of nitrogens with zero attached hydrogens (tertiary/aromatic N) is 3. The second-order valence-corrected chi connectivity index (χ2v) is 9.40. The molecule has 2 aliphatic heterocycles. The molecule has 2 heterocycles. The van der Waals surface area contributed by atoms with Gasteiger partial charge in [-0.3, -0.25) is 14.5 Å². The summed E-state index contributed by atoms with van der Waals surface area (Å²) in [5, 5.41) is 12.7. The van der Waals surface area contributed by atoms with Crippen molar-refractivity contribution in [1.29, 1.82) is 0 Å². The van der Waals surface area contributed by atoms with Gasteiger partial charge in [0.25, 0.3) is 5.91 Å². The Labute approximate surface area is 197 Å². The molecule has 0 unspecified atom stereocenters. The Morgan fingerprint density at radius 1 is 1.15 bits per heavy atom. The summed E-state index contributed by atoms with van der Waals surface area (Å²) in [6.07, 6.45) is 1.73. The van der Waals surface area contributed by atoms with Gasteiger partial charge in [0.1, 0.15) is 17.7 Å². The zero-order valence-electron chi connectivity index (χ0n) is 19.6. The number of rotatable bonds is 5. The number of piperidine rings is 1. The van der Waals surface area contributed by atoms with Crippen LogP contribution in [-0.2, 0) is 14.3 Å². The van der Waals surface area contributed by atoms with E-state index >= 15 is 0 Å². The van der Waals surface area contributed by atoms with E-state index in [0.29, 0.717) is 50.0 Å². The van der Waals surface area contributed by atoms with Gasteiger partial charge in [-0.1, -0.05) is 12.1 Å². The second kappa shape index (κ2) is 10.1. The van der Waals surface area contributed by atoms with Gasteiger partial charge in [-0.05, 0) is 38.5 Å². The minimum Gasteiger partial charge on any atom is -0.480 e. The molecule has 0 atom stereocenters. The van der Waals surface area contributed by atoms with E-state index in [1.165, 1.54) is 11.1 Å². The minimum atomic E-state index is -1.08. The summed E-state index contributed by atoms with van der Waals surface area (Å²) in [5.41, 5.74) is 2.24. The summed E-state index contributed by atoms with van der Waals surface area (Å²) in [6, 6.07) is 6.82. The van der Waals surface area contributed by atoms with Crippen molar-refractivity contribution in [2.24, 2.45) is 5.10 Å². The van der Waals surface area contributed by atoms with E-state index in [2.05, 4.69) is 10.5 Å². The summed E-state index contributed by atoms with van der Waals surface area (Å²) in [4.78, 5) is 50.4. The van der Waals surface area contributed by atoms with Gasteiger partial charge in [-0.25, -0.2) is 15.0 Å². The Balaban J connectivity index is 1.50. The largest absolute Gasteiger partial charge is 0.480 e. The number of nitrogens with one attached hydrogen (secondary N) is 1. The average Bonchev–Trinajstić information content (AvgIpc) is 2.75. The quantitative estimate of drug-likeness (QED) is 0.494. The van der Waals surface area contributed by atoms with Crippen LogP contribution in [0.15, 0.2) is 29.4 Å². The SMILES string of the molecule is CC(C)(C)OC(=O)NN=Cc1ccc(C(=O)N2CCC3(CCN(CC(=O)O)C(=O)O3)CC2)cc1. The highest BCUT2D eigenvalue weighted by Gasteiger charge is 2.44. The van der Waals surface area contributed by atoms with Gasteiger partial charge in [0.15, 0.2) is 0 Å². The molecule has 1 aromatic rings. The van der Waals surface area contributed by atoms with Crippen LogP contribution in [0.3, 0.4) is 0 Å². The monoisotopic (exact) mass is 474 g/mol. The molecule has 184 valence electrons. The number of likely N-dealkylation sites (tertiary alicyclic amines) is 1. The van der Waals surface area contributed by atoms with E-state index in [9.17, 15) is 19.2 Å². The summed E-state index contributed by atoms with van der Waals surface area (Å²) in [7, 11) is 0. The highest BCUT2D eigenvalue weighted by Crippen LogP contribution is 2.34. The Hall–Kier alpha value is -3.63. The topological polar surface area (TPSA) is 138 Å². The number of amides is 3. The lowest BCUT2D eigenvalue weighted by molar-refractivity contribution is -0.140. The van der Waals surface area contributed by atoms with Gasteiger partial charge in [0.2, 0.25) is 0 Å². The molecule has 0 radical (unpaired) electrons. The Bertz CT molecular complexity index is 961. The first-order valence-electron chi connectivity index (χ1n) is 11.1. The molecule has 2 fully saturated rings. The third-order valence-corrected chi connectivity index (χ3v) is 5.61. The first-order chi connectivity index (χ1) is 16.0. The van der Waals surface area contributed by atoms with Crippen LogP contribution in [0.2, 0.25) is 0 Å². The average molecular weight is 475 g/mol. The van der Waals surface area contributed by atoms with Crippen molar-refractivity contribution in [3.05, 3.63) is 35.4 Å². The maximum Gasteiger partial charge on any atom is 0.428 e. The molecule has 0 aromatic heterocycles. The van der Waals surface area contributed by atoms with E-state index in [0.717, 1.165) is 0 Å². The number of ether oxygens (including phenoxy) is 2. The van der Waals surface area contributed by atoms with Gasteiger partial charge in [0.05, 0.1) is 6.21 Å². The van der Waals surface area contributed by atoms with Crippen LogP contribution in [0.25, 0.3) is 0 Å². The standard InChI is InChI=1S/C23H30N4O7/c1-22(2,3)33-20(31)25-24-14-16-4-6-17(7-5-16)19(30)26-11-8-23(9-12-26)10-13-27(15-18(28)29)21(32)34-23/h4-7,14H,8-13,15H2,1-3H3,(H,25,31)(H,28,29). The number of hydrogen-bond acceptors (Lipinski definition) is 7. The lowest BCUT2D eigenvalue weighted by Crippen LogP contribution is -2.56. The van der Waals surface area contributed by atoms with Crippen molar-refractivity contribution >= 4 is 30.3 Å². The maximum atomic E-state index is 12.9. The molecule has 3 amide bonds. The van der Waals surface area contributed by atoms with Crippen molar-refractivity contribution < 1.29 is 33.8 Å². The van der Waals surface area contributed by atoms with E-state index in [-0.39, 0.29) is 12.5 Å². The number of carboxylic acid groups (broad SMARTS) is 1. The fraction of sp³-hybridized carbons (Fsp3) is 0.522. The minimum absolute atomic E-state index is 0.125. The van der Waals surface area contributed by atoms with Crippen molar-refractivity contribution in [1.82, 2.24) is 15.2 Å². The van der Waals surface area contributed by atoms with Crippen molar-refractivity contribution in [3.63, 3.8) is 0 Å². The van der Waals surface area contributed by atoms with Gasteiger partial charge in [-0.2, -0.15) is 5.10 Å². The zero-order chi connectivity index (χ0) is 24.9. The zero-order valence-corrected chi connectivity index (χ0v) is 19.6. The number of benzene rings is 1. The number of hydrazone groups is 1. The Morgan fingerprint density at radius 3 is 2.32 bits per heavy atom. The Morgan fingerprint density at radius 2 is 1.76 bits per heavy atom. The molecule has 11 nitrogen and oxygen atoms in total. The van der Waals surface area contributed by atoms with Crippen molar-refractivity contribution in [2.45, 2.75) is 51.2 Å². The van der Waals surface area contributed by atoms with Gasteiger partial charge in [0, 0.05) is 44.5 Å². The predicted molar refractivity (Wildman–Crippen MR) is 122 cm³/mol. The number of carboxylic acids is 1. The molecule has 0 saturated carbocycles. The second-order valence-electron chi connectivity index (χ2n) is 9.40. The molecule has 1 aromatic carbocycles. The summed E-state index contributed by atoms with van der Waals surface area (Å²) < 4.78 is 10.7. The fourth-order valence-corrected chi connectivity index (χ4v) is 3.86. The normalized spacial score (nSPS) is 18.0. The first-order valence-corrected chi connectivity index (χ1v) is 11.1. The lowest BCUT2D eigenvalue weighted by atomic mass is 9.86. The van der Waals surface area contributed by atoms with E-state index in [4.69, 9.17) is 14.6 Å². The molecule has 3 rings (SSSR count). The van der Waals surface area contributed by atoms with Crippen LogP contribution in [0.1, 0.15) is 56.0 Å². The maximum absolute atomic E-state index is 12.9. The molecule has 0 bridgehead atoms. The first kappa shape index (κ1) is 25.0. The molecule has 2 saturated heterocycles. The molecular formula is C23H30N4O7. The summed E-state index contributed by atoms with van der Waals surface area (Å²) >= 11 is 0. The van der Waals surface area contributed by atoms with Gasteiger partial charge >= 0.3 is 18.2 Å².